The van der Waals surface area contributed by atoms with E-state index in [1.807, 2.05) is 30.3 Å². The first kappa shape index (κ1) is 14.2. The maximum atomic E-state index is 12.5. The maximum Gasteiger partial charge on any atom is 0.244 e. The third-order valence-electron chi connectivity index (χ3n) is 2.83. The summed E-state index contributed by atoms with van der Waals surface area (Å²) in [5, 5.41) is 1.76. The van der Waals surface area contributed by atoms with Crippen molar-refractivity contribution < 1.29 is 8.42 Å². The van der Waals surface area contributed by atoms with E-state index in [2.05, 4.69) is 0 Å². The van der Waals surface area contributed by atoms with Crippen LogP contribution in [-0.2, 0) is 23.1 Å². The molecule has 0 fully saturated rings. The summed E-state index contributed by atoms with van der Waals surface area (Å²) in [6.07, 6.45) is 0. The van der Waals surface area contributed by atoms with E-state index in [0.717, 1.165) is 5.56 Å². The van der Waals surface area contributed by atoms with Crippen LogP contribution in [0.15, 0.2) is 46.7 Å². The molecule has 2 aromatic rings. The van der Waals surface area contributed by atoms with Crippen LogP contribution in [0.3, 0.4) is 0 Å². The molecule has 0 aliphatic rings. The van der Waals surface area contributed by atoms with Gasteiger partial charge in [-0.2, -0.15) is 4.31 Å². The molecule has 0 unspecified atom stereocenters. The second-order valence-electron chi connectivity index (χ2n) is 4.16. The van der Waals surface area contributed by atoms with E-state index >= 15 is 0 Å². The van der Waals surface area contributed by atoms with Crippen LogP contribution in [0, 0.1) is 0 Å². The summed E-state index contributed by atoms with van der Waals surface area (Å²) in [6, 6.07) is 11.1. The first-order valence-corrected chi connectivity index (χ1v) is 8.14. The number of thiophene rings is 1. The van der Waals surface area contributed by atoms with Crippen molar-refractivity contribution in [3.05, 3.63) is 52.2 Å². The number of sulfonamides is 1. The molecule has 0 saturated carbocycles. The molecule has 102 valence electrons. The van der Waals surface area contributed by atoms with Gasteiger partial charge >= 0.3 is 0 Å². The van der Waals surface area contributed by atoms with Crippen LogP contribution in [0.25, 0.3) is 0 Å². The highest BCUT2D eigenvalue weighted by Gasteiger charge is 2.24. The largest absolute Gasteiger partial charge is 0.326 e. The van der Waals surface area contributed by atoms with E-state index in [9.17, 15) is 8.42 Å². The zero-order chi connectivity index (χ0) is 13.9. The lowest BCUT2D eigenvalue weighted by Crippen LogP contribution is -2.27. The molecular weight excluding hydrogens is 280 g/mol. The molecule has 4 nitrogen and oxygen atoms in total. The molecule has 0 spiro atoms. The van der Waals surface area contributed by atoms with Crippen molar-refractivity contribution in [3.63, 3.8) is 0 Å². The van der Waals surface area contributed by atoms with Crippen molar-refractivity contribution in [1.82, 2.24) is 4.31 Å². The molecule has 0 aliphatic carbocycles. The highest BCUT2D eigenvalue weighted by atomic mass is 32.2. The molecule has 1 aromatic heterocycles. The van der Waals surface area contributed by atoms with Gasteiger partial charge in [-0.25, -0.2) is 8.42 Å². The van der Waals surface area contributed by atoms with E-state index in [-0.39, 0.29) is 6.54 Å². The third-order valence-corrected chi connectivity index (χ3v) is 5.79. The van der Waals surface area contributed by atoms with Crippen molar-refractivity contribution in [2.24, 2.45) is 5.73 Å². The monoisotopic (exact) mass is 296 g/mol. The summed E-state index contributed by atoms with van der Waals surface area (Å²) in [6.45, 7) is 0.592. The Morgan fingerprint density at radius 1 is 1.21 bits per heavy atom. The second-order valence-corrected chi connectivity index (χ2v) is 7.17. The van der Waals surface area contributed by atoms with Crippen molar-refractivity contribution in [1.29, 1.82) is 0 Å². The second kappa shape index (κ2) is 5.83. The van der Waals surface area contributed by atoms with Gasteiger partial charge in [0.05, 0.1) is 4.90 Å². The minimum Gasteiger partial charge on any atom is -0.326 e. The lowest BCUT2D eigenvalue weighted by molar-refractivity contribution is 0.466. The van der Waals surface area contributed by atoms with Gasteiger partial charge in [-0.05, 0) is 17.0 Å². The molecule has 0 amide bonds. The fourth-order valence-corrected chi connectivity index (χ4v) is 4.26. The SMILES string of the molecule is CN(Cc1ccccc1)S(=O)(=O)c1ccsc1CN. The molecule has 0 saturated heterocycles. The Bertz CT molecular complexity index is 636. The number of hydrogen-bond donors (Lipinski definition) is 1. The normalized spacial score (nSPS) is 11.9. The topological polar surface area (TPSA) is 63.4 Å². The molecule has 6 heteroatoms. The minimum atomic E-state index is -3.47. The standard InChI is InChI=1S/C13H16N2O2S2/c1-15(10-11-5-3-2-4-6-11)19(16,17)13-7-8-18-12(13)9-14/h2-8H,9-10,14H2,1H3. The molecule has 1 heterocycles. The molecule has 0 aliphatic heterocycles. The van der Waals surface area contributed by atoms with Crippen LogP contribution < -0.4 is 5.73 Å². The summed E-state index contributed by atoms with van der Waals surface area (Å²) in [5.41, 5.74) is 6.53. The molecule has 0 atom stereocenters. The fraction of sp³-hybridized carbons (Fsp3) is 0.231. The average molecular weight is 296 g/mol. The Labute approximate surface area is 117 Å². The molecule has 19 heavy (non-hydrogen) atoms. The Morgan fingerprint density at radius 2 is 1.89 bits per heavy atom. The highest BCUT2D eigenvalue weighted by Crippen LogP contribution is 2.24. The van der Waals surface area contributed by atoms with Crippen LogP contribution in [0.1, 0.15) is 10.4 Å². The maximum absolute atomic E-state index is 12.5. The Hall–Kier alpha value is -1.21. The van der Waals surface area contributed by atoms with E-state index < -0.39 is 10.0 Å². The number of rotatable bonds is 5. The first-order valence-electron chi connectivity index (χ1n) is 5.82. The van der Waals surface area contributed by atoms with E-state index in [0.29, 0.717) is 16.3 Å². The average Bonchev–Trinajstić information content (AvgIpc) is 2.88. The summed E-state index contributed by atoms with van der Waals surface area (Å²) in [5.74, 6) is 0. The van der Waals surface area contributed by atoms with Gasteiger partial charge < -0.3 is 5.73 Å². The van der Waals surface area contributed by atoms with Gasteiger partial charge in [0.2, 0.25) is 10.0 Å². The molecule has 2 N–H and O–H groups in total. The molecule has 1 aromatic carbocycles. The Morgan fingerprint density at radius 3 is 2.53 bits per heavy atom. The van der Waals surface area contributed by atoms with Crippen molar-refractivity contribution in [2.45, 2.75) is 18.0 Å². The number of benzene rings is 1. The van der Waals surface area contributed by atoms with Crippen LogP contribution in [0.4, 0.5) is 0 Å². The minimum absolute atomic E-state index is 0.241. The predicted octanol–water partition coefficient (Wildman–Crippen LogP) is 2.03. The van der Waals surface area contributed by atoms with Gasteiger partial charge in [0.15, 0.2) is 0 Å². The Kier molecular flexibility index (Phi) is 4.36. The number of nitrogens with two attached hydrogens (primary N) is 1. The van der Waals surface area contributed by atoms with Gasteiger partial charge in [0, 0.05) is 25.0 Å². The van der Waals surface area contributed by atoms with Crippen molar-refractivity contribution >= 4 is 21.4 Å². The summed E-state index contributed by atoms with van der Waals surface area (Å²) in [7, 11) is -1.89. The van der Waals surface area contributed by atoms with E-state index in [1.54, 1.807) is 18.5 Å². The van der Waals surface area contributed by atoms with Crippen LogP contribution in [-0.4, -0.2) is 19.8 Å². The fourth-order valence-electron chi connectivity index (χ4n) is 1.80. The van der Waals surface area contributed by atoms with E-state index in [1.165, 1.54) is 15.6 Å². The van der Waals surface area contributed by atoms with Crippen LogP contribution >= 0.6 is 11.3 Å². The number of hydrogen-bond acceptors (Lipinski definition) is 4. The zero-order valence-electron chi connectivity index (χ0n) is 10.6. The van der Waals surface area contributed by atoms with Gasteiger partial charge in [-0.15, -0.1) is 11.3 Å². The van der Waals surface area contributed by atoms with Crippen molar-refractivity contribution in [2.75, 3.05) is 7.05 Å². The van der Waals surface area contributed by atoms with Gasteiger partial charge in [-0.1, -0.05) is 30.3 Å². The van der Waals surface area contributed by atoms with E-state index in [4.69, 9.17) is 5.73 Å². The summed E-state index contributed by atoms with van der Waals surface area (Å²) < 4.78 is 26.3. The lowest BCUT2D eigenvalue weighted by Gasteiger charge is -2.17. The lowest BCUT2D eigenvalue weighted by atomic mass is 10.2. The summed E-state index contributed by atoms with van der Waals surface area (Å²) in [4.78, 5) is 1.01. The predicted molar refractivity (Wildman–Crippen MR) is 77.3 cm³/mol. The smallest absolute Gasteiger partial charge is 0.244 e. The van der Waals surface area contributed by atoms with Gasteiger partial charge in [0.25, 0.3) is 0 Å². The first-order chi connectivity index (χ1) is 9.05. The van der Waals surface area contributed by atoms with Gasteiger partial charge in [0.1, 0.15) is 0 Å². The molecular formula is C13H16N2O2S2. The van der Waals surface area contributed by atoms with Crippen molar-refractivity contribution in [3.8, 4) is 0 Å². The van der Waals surface area contributed by atoms with Crippen LogP contribution in [0.2, 0.25) is 0 Å². The highest BCUT2D eigenvalue weighted by molar-refractivity contribution is 7.89. The molecule has 0 bridgehead atoms. The van der Waals surface area contributed by atoms with Gasteiger partial charge in [-0.3, -0.25) is 0 Å². The number of nitrogens with zero attached hydrogens (tertiary/aromatic N) is 1. The summed E-state index contributed by atoms with van der Waals surface area (Å²) >= 11 is 1.37. The molecule has 0 radical (unpaired) electrons. The molecule has 2 rings (SSSR count). The quantitative estimate of drug-likeness (QED) is 0.918. The zero-order valence-corrected chi connectivity index (χ0v) is 12.2. The van der Waals surface area contributed by atoms with Crippen LogP contribution in [0.5, 0.6) is 0 Å². The third kappa shape index (κ3) is 3.03. The Balaban J connectivity index is 2.25.